The first-order valence-corrected chi connectivity index (χ1v) is 43.6. The molecule has 5 aliphatic rings. The molecule has 1 radical (unpaired) electrons. The Morgan fingerprint density at radius 3 is 0.942 bits per heavy atom. The van der Waals surface area contributed by atoms with E-state index in [-0.39, 0.29) is 125 Å². The van der Waals surface area contributed by atoms with Crippen LogP contribution in [0.3, 0.4) is 0 Å². The van der Waals surface area contributed by atoms with Gasteiger partial charge >= 0.3 is 24.3 Å². The normalized spacial score (nSPS) is 16.1. The molecule has 0 amide bonds. The van der Waals surface area contributed by atoms with Crippen LogP contribution in [-0.2, 0) is 77.0 Å². The van der Waals surface area contributed by atoms with Crippen molar-refractivity contribution < 1.29 is 176 Å². The summed E-state index contributed by atoms with van der Waals surface area (Å²) in [6.45, 7) is 28.6. The number of Topliss-reactive ketones (excluding diaryl/α,β-unsaturated/α-hetero) is 3. The van der Waals surface area contributed by atoms with Crippen molar-refractivity contribution in [1.82, 2.24) is 0 Å². The number of aliphatic hydroxyl groups excluding tert-OH is 7. The minimum Gasteiger partial charge on any atom is -0.504 e. The monoisotopic (exact) mass is 2010 g/mol. The molecule has 6 unspecified atom stereocenters. The van der Waals surface area contributed by atoms with Crippen LogP contribution in [0.15, 0.2) is 236 Å². The number of ketones is 5. The van der Waals surface area contributed by atoms with Crippen LogP contribution in [0.1, 0.15) is 109 Å². The van der Waals surface area contributed by atoms with Crippen molar-refractivity contribution in [3.8, 4) is 69.0 Å². The second kappa shape index (κ2) is 56.8. The molecule has 6 aromatic carbocycles. The van der Waals surface area contributed by atoms with E-state index in [1.165, 1.54) is 60.9 Å². The van der Waals surface area contributed by atoms with Crippen LogP contribution in [0.5, 0.6) is 69.0 Å². The summed E-state index contributed by atoms with van der Waals surface area (Å²) in [5.41, 5.74) is 16.9. The zero-order chi connectivity index (χ0) is 102. The first-order chi connectivity index (χ1) is 65.0. The number of benzene rings is 6. The summed E-state index contributed by atoms with van der Waals surface area (Å²) in [6, 6.07) is 22.5. The standard InChI is InChI=1S/C20H26O6.4C20H24O5.C8H8O3.2Fe/c1-11-6-13(3)20(16(7-11)25-5)26-17(10-21)19(23)14-8-12(2)18(22)15(9-14)24-4;4*1-12-6-14(3)20(18(7-12)24-5)25-16(11-21)9-15-8-13(2)19(22)17(10-15)23-4;1-5-3-6(9)4-7(11-2)8(5)10;;/h6-9,17,19,21-23H,10H2,1-5H3;4*6-10,16,21H,11H2,1-5H3;3-4H,1-2H3;;/q;;;;;;;+3/p+3/b;2*15-9-;;;;;. The zero-order valence-electron chi connectivity index (χ0n) is 84.9. The Labute approximate surface area is 837 Å². The van der Waals surface area contributed by atoms with E-state index in [1.807, 2.05) is 142 Å². The maximum Gasteiger partial charge on any atom is 3.00 e. The molecular weight excluding hydrogens is 1870 g/mol. The van der Waals surface area contributed by atoms with Crippen molar-refractivity contribution in [3.05, 3.63) is 310 Å². The van der Waals surface area contributed by atoms with Gasteiger partial charge in [0.05, 0.1) is 129 Å². The van der Waals surface area contributed by atoms with Gasteiger partial charge in [-0.2, -0.15) is 0 Å². The van der Waals surface area contributed by atoms with Gasteiger partial charge in [0.2, 0.25) is 34.6 Å². The first-order valence-electron chi connectivity index (χ1n) is 43.6. The number of aliphatic hydroxyl groups is 7. The zero-order valence-corrected chi connectivity index (χ0v) is 86.1. The van der Waals surface area contributed by atoms with E-state index in [0.29, 0.717) is 108 Å². The van der Waals surface area contributed by atoms with Gasteiger partial charge in [0.1, 0.15) is 30.0 Å². The molecule has 5 aliphatic carbocycles. The Balaban J connectivity index is 0.000000435. The molecule has 0 aromatic heterocycles. The van der Waals surface area contributed by atoms with Crippen LogP contribution in [0.25, 0.3) is 0 Å². The van der Waals surface area contributed by atoms with E-state index in [4.69, 9.17) is 75.8 Å². The van der Waals surface area contributed by atoms with E-state index in [0.717, 1.165) is 77.9 Å². The molecule has 0 aliphatic heterocycles. The Morgan fingerprint density at radius 2 is 0.633 bits per heavy atom. The summed E-state index contributed by atoms with van der Waals surface area (Å²) in [4.78, 5) is 55.7. The minimum absolute atomic E-state index is 0. The molecule has 0 saturated heterocycles. The number of hydrogen-bond donors (Lipinski definition) is 8. The van der Waals surface area contributed by atoms with Crippen LogP contribution >= 0.6 is 0 Å². The molecule has 139 heavy (non-hydrogen) atoms. The molecular formula is C108H133Fe2O29+6. The van der Waals surface area contributed by atoms with Gasteiger partial charge < -0.3 is 117 Å². The van der Waals surface area contributed by atoms with Crippen LogP contribution in [0, 0.1) is 82.6 Å². The van der Waals surface area contributed by atoms with Gasteiger partial charge in [-0.1, -0.05) is 30.3 Å². The Hall–Kier alpha value is -12.9. The quantitative estimate of drug-likeness (QED) is 0.00841. The molecule has 0 saturated carbocycles. The van der Waals surface area contributed by atoms with E-state index in [9.17, 15) is 64.8 Å². The van der Waals surface area contributed by atoms with E-state index in [2.05, 4.69) is 0 Å². The number of ether oxygens (including phenoxy) is 16. The van der Waals surface area contributed by atoms with Gasteiger partial charge in [-0.05, 0) is 297 Å². The Bertz CT molecular complexity index is 5540. The second-order valence-corrected chi connectivity index (χ2v) is 32.5. The average molecular weight is 2010 g/mol. The first kappa shape index (κ1) is 118. The summed E-state index contributed by atoms with van der Waals surface area (Å²) in [5, 5.41) is 79.3. The summed E-state index contributed by atoms with van der Waals surface area (Å²) in [7, 11) is 16.6. The molecule has 6 atom stereocenters. The predicted molar refractivity (Wildman–Crippen MR) is 525 cm³/mol. The number of hydrogen-bond acceptors (Lipinski definition) is 28. The summed E-state index contributed by atoms with van der Waals surface area (Å²) in [5.74, 6) is 7.10. The third-order valence-electron chi connectivity index (χ3n) is 21.4. The van der Waals surface area contributed by atoms with Crippen LogP contribution in [0.4, 0.5) is 0 Å². The fourth-order valence-corrected chi connectivity index (χ4v) is 14.7. The smallest absolute Gasteiger partial charge is 0.504 e. The Kier molecular flexibility index (Phi) is 48.4. The van der Waals surface area contributed by atoms with Crippen molar-refractivity contribution in [2.24, 2.45) is 0 Å². The molecule has 0 bridgehead atoms. The summed E-state index contributed by atoms with van der Waals surface area (Å²) in [6.07, 6.45) is 19.0. The fourth-order valence-electron chi connectivity index (χ4n) is 14.7. The van der Waals surface area contributed by atoms with Crippen molar-refractivity contribution in [3.63, 3.8) is 0 Å². The van der Waals surface area contributed by atoms with Gasteiger partial charge in [-0.3, -0.25) is 24.0 Å². The van der Waals surface area contributed by atoms with E-state index in [1.54, 1.807) is 144 Å². The molecule has 11 rings (SSSR count). The number of methoxy groups -OCH3 is 11. The van der Waals surface area contributed by atoms with Gasteiger partial charge in [-0.15, -0.1) is 0 Å². The van der Waals surface area contributed by atoms with Crippen molar-refractivity contribution >= 4 is 28.9 Å². The Morgan fingerprint density at radius 1 is 0.331 bits per heavy atom. The third-order valence-corrected chi connectivity index (χ3v) is 21.4. The number of aromatic hydroxyl groups is 1. The molecule has 0 spiro atoms. The molecule has 749 valence electrons. The van der Waals surface area contributed by atoms with Gasteiger partial charge in [0, 0.05) is 52.0 Å². The van der Waals surface area contributed by atoms with Gasteiger partial charge in [0.15, 0.2) is 104 Å². The van der Waals surface area contributed by atoms with Gasteiger partial charge in [0.25, 0.3) is 0 Å². The number of carbonyl (C=O) groups is 4. The maximum atomic E-state index is 11.9. The van der Waals surface area contributed by atoms with Crippen LogP contribution < -0.4 is 52.1 Å². The molecule has 0 heterocycles. The molecule has 0 fully saturated rings. The minimum atomic E-state index is -1.13. The number of allylic oxidation sites excluding steroid dienone is 18. The number of carbonyl (C=O) groups excluding carboxylic acids is 5. The fraction of sp³-hybridized carbons (Fsp3) is 0.352. The topological polar surface area (TPSA) is 399 Å². The van der Waals surface area contributed by atoms with Crippen molar-refractivity contribution in [2.75, 3.05) is 111 Å². The molecule has 31 heteroatoms. The largest absolute Gasteiger partial charge is 3.00 e. The van der Waals surface area contributed by atoms with Gasteiger partial charge in [-0.25, -0.2) is 0 Å². The van der Waals surface area contributed by atoms with Crippen LogP contribution in [0.2, 0.25) is 0 Å². The summed E-state index contributed by atoms with van der Waals surface area (Å²) >= 11 is 0. The van der Waals surface area contributed by atoms with Crippen LogP contribution in [-0.4, -0.2) is 216 Å². The predicted octanol–water partition coefficient (Wildman–Crippen LogP) is 16.2. The maximum absolute atomic E-state index is 11.9. The second-order valence-electron chi connectivity index (χ2n) is 32.5. The van der Waals surface area contributed by atoms with Crippen molar-refractivity contribution in [2.45, 2.75) is 147 Å². The molecule has 9 N–H and O–H groups in total. The van der Waals surface area contributed by atoms with E-state index >= 15 is 0 Å². The SMILES string of the molecule is COC1=C(O)C(C)=CC(=CC(CO)Oc2c(C)cc(C)cc2OC)[CH+]1.COC1=C/C(=C\C(CO)Oc2c(C)cc(C)cc2OC)C=C(C)C1=O.COC1=C/C(=C\C(CO)Oc2c(C)cc(C)cc2OC)C=C(C)C1=O.COC1=CC(=CC(CO)Oc2c(C)cc(C)cc2OC)C=C(C)C1=[OH+].COC1=CC(=O)C=C(C)C1=O.COc1cc(C(O)C(CO)Oc2c(C)cc(C)cc2OC)cc(C)c1O.[Fe+3].[Fe].[H+]. The van der Waals surface area contributed by atoms with Crippen molar-refractivity contribution in [1.29, 1.82) is 0 Å². The molecule has 29 nitrogen and oxygen atoms in total. The third kappa shape index (κ3) is 33.2. The number of phenols is 1. The number of aryl methyl sites for hydroxylation is 11. The summed E-state index contributed by atoms with van der Waals surface area (Å²) < 4.78 is 87.2. The number of phenolic OH excluding ortho intramolecular Hbond substituents is 1. The molecule has 6 aromatic rings. The average Bonchev–Trinajstić information content (AvgIpc) is 0.808. The number of rotatable bonds is 32. The van der Waals surface area contributed by atoms with E-state index < -0.39 is 43.2 Å².